The van der Waals surface area contributed by atoms with E-state index in [9.17, 15) is 0 Å². The lowest BCUT2D eigenvalue weighted by molar-refractivity contribution is 0.586. The van der Waals surface area contributed by atoms with Gasteiger partial charge in [-0.3, -0.25) is 0 Å². The van der Waals surface area contributed by atoms with E-state index in [1.54, 1.807) is 4.68 Å². The summed E-state index contributed by atoms with van der Waals surface area (Å²) in [5, 5.41) is 15.9. The van der Waals surface area contributed by atoms with Crippen molar-refractivity contribution in [2.45, 2.75) is 6.04 Å². The Morgan fingerprint density at radius 1 is 1.04 bits per heavy atom. The number of anilines is 1. The van der Waals surface area contributed by atoms with Crippen molar-refractivity contribution in [3.05, 3.63) is 75.2 Å². The Bertz CT molecular complexity index is 870. The van der Waals surface area contributed by atoms with Crippen LogP contribution in [0, 0.1) is 0 Å². The second kappa shape index (κ2) is 5.79. The maximum atomic E-state index is 5.97. The zero-order valence-corrected chi connectivity index (χ0v) is 14.2. The number of allylic oxidation sites excluding steroid dienone is 1. The van der Waals surface area contributed by atoms with Crippen molar-refractivity contribution in [1.82, 2.24) is 20.2 Å². The molecule has 0 saturated carbocycles. The van der Waals surface area contributed by atoms with Crippen LogP contribution in [0.2, 0.25) is 5.02 Å². The number of rotatable bonds is 2. The molecule has 3 aromatic rings. The highest BCUT2D eigenvalue weighted by molar-refractivity contribution is 9.10. The predicted molar refractivity (Wildman–Crippen MR) is 93.1 cm³/mol. The molecule has 0 amide bonds. The Hall–Kier alpha value is -2.18. The molecule has 7 heteroatoms. The molecule has 0 unspecified atom stereocenters. The maximum absolute atomic E-state index is 5.97. The van der Waals surface area contributed by atoms with Gasteiger partial charge in [-0.2, -0.15) is 4.68 Å². The minimum atomic E-state index is -0.0694. The molecule has 1 aliphatic heterocycles. The highest BCUT2D eigenvalue weighted by atomic mass is 79.9. The summed E-state index contributed by atoms with van der Waals surface area (Å²) in [6, 6.07) is 15.7. The van der Waals surface area contributed by atoms with Crippen molar-refractivity contribution >= 4 is 39.2 Å². The molecule has 0 saturated heterocycles. The Morgan fingerprint density at radius 3 is 2.52 bits per heavy atom. The summed E-state index contributed by atoms with van der Waals surface area (Å²) in [5.74, 6) is 0.616. The lowest BCUT2D eigenvalue weighted by atomic mass is 10.0. The summed E-state index contributed by atoms with van der Waals surface area (Å²) < 4.78 is 2.80. The average Bonchev–Trinajstić information content (AvgIpc) is 3.04. The molecule has 114 valence electrons. The van der Waals surface area contributed by atoms with Crippen LogP contribution in [0.15, 0.2) is 59.1 Å². The number of nitrogens with zero attached hydrogens (tertiary/aromatic N) is 4. The van der Waals surface area contributed by atoms with Gasteiger partial charge in [-0.05, 0) is 51.9 Å². The molecular formula is C16H11BrClN5. The summed E-state index contributed by atoms with van der Waals surface area (Å²) >= 11 is 9.43. The molecule has 2 heterocycles. The molecule has 5 nitrogen and oxygen atoms in total. The highest BCUT2D eigenvalue weighted by Crippen LogP contribution is 2.32. The summed E-state index contributed by atoms with van der Waals surface area (Å²) in [6.45, 7) is 0. The van der Waals surface area contributed by atoms with Crippen LogP contribution in [-0.4, -0.2) is 20.2 Å². The van der Waals surface area contributed by atoms with Crippen LogP contribution < -0.4 is 5.32 Å². The van der Waals surface area contributed by atoms with E-state index in [1.165, 1.54) is 0 Å². The van der Waals surface area contributed by atoms with Crippen LogP contribution in [0.25, 0.3) is 5.70 Å². The summed E-state index contributed by atoms with van der Waals surface area (Å²) in [6.07, 6.45) is 2.11. The van der Waals surface area contributed by atoms with Gasteiger partial charge in [0.25, 0.3) is 0 Å². The molecule has 0 spiro atoms. The van der Waals surface area contributed by atoms with Gasteiger partial charge < -0.3 is 5.32 Å². The van der Waals surface area contributed by atoms with Crippen molar-refractivity contribution in [2.24, 2.45) is 0 Å². The Kier molecular flexibility index (Phi) is 3.63. The van der Waals surface area contributed by atoms with Crippen LogP contribution in [0.1, 0.15) is 17.2 Å². The van der Waals surface area contributed by atoms with Crippen LogP contribution in [0.5, 0.6) is 0 Å². The van der Waals surface area contributed by atoms with Crippen molar-refractivity contribution < 1.29 is 0 Å². The van der Waals surface area contributed by atoms with E-state index in [0.29, 0.717) is 11.0 Å². The van der Waals surface area contributed by atoms with E-state index in [0.717, 1.165) is 21.3 Å². The molecule has 0 bridgehead atoms. The van der Waals surface area contributed by atoms with Gasteiger partial charge in [0.2, 0.25) is 5.95 Å². The summed E-state index contributed by atoms with van der Waals surface area (Å²) in [7, 11) is 0. The van der Waals surface area contributed by atoms with Crippen molar-refractivity contribution in [2.75, 3.05) is 5.32 Å². The van der Waals surface area contributed by atoms with E-state index in [4.69, 9.17) is 11.6 Å². The third-order valence-electron chi connectivity index (χ3n) is 3.69. The fraction of sp³-hybridized carbons (Fsp3) is 0.0625. The van der Waals surface area contributed by atoms with E-state index >= 15 is 0 Å². The Balaban J connectivity index is 1.79. The topological polar surface area (TPSA) is 55.6 Å². The quantitative estimate of drug-likeness (QED) is 0.717. The molecule has 1 aromatic heterocycles. The SMILES string of the molecule is Clc1ccc(C2=C[C@H](c3ccc(Br)cc3)n3nnnc3N2)cc1. The van der Waals surface area contributed by atoms with E-state index in [1.807, 2.05) is 36.4 Å². The van der Waals surface area contributed by atoms with Gasteiger partial charge in [-0.25, -0.2) is 0 Å². The van der Waals surface area contributed by atoms with Gasteiger partial charge in [-0.15, -0.1) is 0 Å². The first kappa shape index (κ1) is 14.4. The van der Waals surface area contributed by atoms with Crippen molar-refractivity contribution in [1.29, 1.82) is 0 Å². The first-order valence-corrected chi connectivity index (χ1v) is 8.16. The van der Waals surface area contributed by atoms with Gasteiger partial charge in [0.05, 0.1) is 0 Å². The number of nitrogens with one attached hydrogen (secondary N) is 1. The summed E-state index contributed by atoms with van der Waals surface area (Å²) in [5.41, 5.74) is 3.09. The zero-order chi connectivity index (χ0) is 15.8. The zero-order valence-electron chi connectivity index (χ0n) is 11.8. The Labute approximate surface area is 146 Å². The smallest absolute Gasteiger partial charge is 0.248 e. The van der Waals surface area contributed by atoms with Gasteiger partial charge >= 0.3 is 0 Å². The molecule has 0 aliphatic carbocycles. The number of tetrazole rings is 1. The number of aromatic nitrogens is 4. The molecule has 23 heavy (non-hydrogen) atoms. The first-order valence-electron chi connectivity index (χ1n) is 6.99. The minimum absolute atomic E-state index is 0.0694. The van der Waals surface area contributed by atoms with Crippen molar-refractivity contribution in [3.63, 3.8) is 0 Å². The normalized spacial score (nSPS) is 16.4. The first-order chi connectivity index (χ1) is 11.2. The van der Waals surface area contributed by atoms with E-state index in [-0.39, 0.29) is 6.04 Å². The predicted octanol–water partition coefficient (Wildman–Crippen LogP) is 4.15. The standard InChI is InChI=1S/C16H11BrClN5/c17-12-5-1-11(2-6-12)15-9-14(10-3-7-13(18)8-4-10)19-16-20-21-22-23(15)16/h1-9,15H,(H,19,20,22)/t15-/m1/s1. The molecule has 0 fully saturated rings. The van der Waals surface area contributed by atoms with E-state index in [2.05, 4.69) is 55.0 Å². The number of benzene rings is 2. The van der Waals surface area contributed by atoms with Crippen LogP contribution in [0.3, 0.4) is 0 Å². The monoisotopic (exact) mass is 387 g/mol. The lowest BCUT2D eigenvalue weighted by Crippen LogP contribution is -2.20. The molecule has 1 atom stereocenters. The highest BCUT2D eigenvalue weighted by Gasteiger charge is 2.24. The van der Waals surface area contributed by atoms with Gasteiger partial charge in [-0.1, -0.05) is 56.9 Å². The molecule has 0 radical (unpaired) electrons. The fourth-order valence-corrected chi connectivity index (χ4v) is 2.94. The molecule has 1 N–H and O–H groups in total. The number of fused-ring (bicyclic) bond motifs is 1. The molecule has 4 rings (SSSR count). The Morgan fingerprint density at radius 2 is 1.78 bits per heavy atom. The van der Waals surface area contributed by atoms with E-state index < -0.39 is 0 Å². The summed E-state index contributed by atoms with van der Waals surface area (Å²) in [4.78, 5) is 0. The van der Waals surface area contributed by atoms with Gasteiger partial charge in [0.1, 0.15) is 6.04 Å². The van der Waals surface area contributed by atoms with Crippen LogP contribution >= 0.6 is 27.5 Å². The maximum Gasteiger partial charge on any atom is 0.248 e. The van der Waals surface area contributed by atoms with Crippen LogP contribution in [-0.2, 0) is 0 Å². The lowest BCUT2D eigenvalue weighted by Gasteiger charge is -2.23. The van der Waals surface area contributed by atoms with Crippen LogP contribution in [0.4, 0.5) is 5.95 Å². The molecular weight excluding hydrogens is 378 g/mol. The largest absolute Gasteiger partial charge is 0.323 e. The van der Waals surface area contributed by atoms with Crippen molar-refractivity contribution in [3.8, 4) is 0 Å². The second-order valence-electron chi connectivity index (χ2n) is 5.16. The third kappa shape index (κ3) is 2.75. The third-order valence-corrected chi connectivity index (χ3v) is 4.47. The fourth-order valence-electron chi connectivity index (χ4n) is 2.55. The number of hydrogen-bond donors (Lipinski definition) is 1. The number of halogens is 2. The van der Waals surface area contributed by atoms with Gasteiger partial charge in [0.15, 0.2) is 0 Å². The second-order valence-corrected chi connectivity index (χ2v) is 6.51. The molecule has 2 aromatic carbocycles. The average molecular weight is 389 g/mol. The van der Waals surface area contributed by atoms with Gasteiger partial charge in [0, 0.05) is 15.2 Å². The molecule has 1 aliphatic rings. The number of hydrogen-bond acceptors (Lipinski definition) is 4. The minimum Gasteiger partial charge on any atom is -0.323 e.